The number of benzene rings is 2. The first kappa shape index (κ1) is 34.3. The Bertz CT molecular complexity index is 1470. The van der Waals surface area contributed by atoms with E-state index in [-0.39, 0.29) is 54.3 Å². The number of aromatic nitrogens is 5. The van der Waals surface area contributed by atoms with E-state index in [1.165, 1.54) is 0 Å². The molecule has 42 heavy (non-hydrogen) atoms. The van der Waals surface area contributed by atoms with Crippen molar-refractivity contribution in [3.8, 4) is 23.0 Å². The molecule has 5 heterocycles. The molecule has 0 saturated carbocycles. The molecule has 0 unspecified atom stereocenters. The summed E-state index contributed by atoms with van der Waals surface area (Å²) >= 11 is 0. The summed E-state index contributed by atoms with van der Waals surface area (Å²) in [5.41, 5.74) is 5.86. The number of pyridine rings is 1. The predicted octanol–water partition coefficient (Wildman–Crippen LogP) is -5.30. The topological polar surface area (TPSA) is 73.5 Å². The third kappa shape index (κ3) is 6.94. The van der Waals surface area contributed by atoms with Crippen LogP contribution in [0.25, 0.3) is 45.1 Å². The Morgan fingerprint density at radius 3 is 1.36 bits per heavy atom. The molecule has 1 radical (unpaired) electrons. The monoisotopic (exact) mass is 670 g/mol. The second-order valence-corrected chi connectivity index (χ2v) is 9.86. The van der Waals surface area contributed by atoms with E-state index in [9.17, 15) is 0 Å². The van der Waals surface area contributed by atoms with Crippen molar-refractivity contribution in [2.75, 3.05) is 52.6 Å². The minimum Gasteiger partial charge on any atom is -1.00 e. The van der Waals surface area contributed by atoms with E-state index in [1.807, 2.05) is 12.1 Å². The van der Waals surface area contributed by atoms with E-state index < -0.39 is 0 Å². The SMILES string of the molecule is [Cl-].[Cl-].[Cl-].[Fe+3].c1cc(-c2nc3ccccc3n2CN2CCOCC2)nc(-c2nc3ccccc3n2CN2CCOCC2)c1. The molecule has 13 heteroatoms. The fraction of sp³-hybridized carbons (Fsp3) is 0.345. The van der Waals surface area contributed by atoms with Gasteiger partial charge in [0.05, 0.1) is 61.8 Å². The van der Waals surface area contributed by atoms with Crippen LogP contribution in [0, 0.1) is 0 Å². The summed E-state index contributed by atoms with van der Waals surface area (Å²) in [7, 11) is 0. The average molecular weight is 672 g/mol. The van der Waals surface area contributed by atoms with E-state index in [4.69, 9.17) is 24.4 Å². The molecule has 0 atom stereocenters. The van der Waals surface area contributed by atoms with Crippen LogP contribution in [0.4, 0.5) is 0 Å². The van der Waals surface area contributed by atoms with Gasteiger partial charge in [-0.05, 0) is 36.4 Å². The Labute approximate surface area is 274 Å². The quantitative estimate of drug-likeness (QED) is 0.167. The van der Waals surface area contributed by atoms with Crippen LogP contribution in [0.2, 0.25) is 0 Å². The molecule has 5 aromatic rings. The van der Waals surface area contributed by atoms with E-state index in [1.54, 1.807) is 0 Å². The fourth-order valence-electron chi connectivity index (χ4n) is 5.40. The molecule has 2 aromatic carbocycles. The van der Waals surface area contributed by atoms with Gasteiger partial charge in [-0.1, -0.05) is 30.3 Å². The third-order valence-corrected chi connectivity index (χ3v) is 7.41. The van der Waals surface area contributed by atoms with E-state index in [0.29, 0.717) is 0 Å². The van der Waals surface area contributed by atoms with Gasteiger partial charge in [0, 0.05) is 26.2 Å². The van der Waals surface area contributed by atoms with Crippen molar-refractivity contribution in [2.24, 2.45) is 0 Å². The number of nitrogens with zero attached hydrogens (tertiary/aromatic N) is 7. The third-order valence-electron chi connectivity index (χ3n) is 7.41. The number of para-hydroxylation sites is 4. The maximum absolute atomic E-state index is 5.58. The number of ether oxygens (including phenoxy) is 2. The van der Waals surface area contributed by atoms with Crippen molar-refractivity contribution in [3.05, 3.63) is 66.7 Å². The summed E-state index contributed by atoms with van der Waals surface area (Å²) in [6, 6.07) is 22.8. The largest absolute Gasteiger partial charge is 3.00 e. The van der Waals surface area contributed by atoms with Crippen LogP contribution in [-0.2, 0) is 39.9 Å². The maximum Gasteiger partial charge on any atom is 3.00 e. The Hall–Kier alpha value is -2.24. The minimum atomic E-state index is 0. The summed E-state index contributed by atoms with van der Waals surface area (Å²) in [5.74, 6) is 1.74. The van der Waals surface area contributed by atoms with E-state index in [0.717, 1.165) is 111 Å². The molecular formula is C29H31Cl3FeN7O2. The number of rotatable bonds is 6. The summed E-state index contributed by atoms with van der Waals surface area (Å²) < 4.78 is 15.7. The smallest absolute Gasteiger partial charge is 1.00 e. The zero-order valence-electron chi connectivity index (χ0n) is 22.9. The molecular weight excluding hydrogens is 641 g/mol. The number of fused-ring (bicyclic) bond motifs is 2. The fourth-order valence-corrected chi connectivity index (χ4v) is 5.40. The molecule has 9 nitrogen and oxygen atoms in total. The summed E-state index contributed by atoms with van der Waals surface area (Å²) in [6.45, 7) is 8.17. The second kappa shape index (κ2) is 15.5. The number of hydrogen-bond donors (Lipinski definition) is 0. The Morgan fingerprint density at radius 1 is 0.524 bits per heavy atom. The van der Waals surface area contributed by atoms with E-state index in [2.05, 4.69) is 73.5 Å². The van der Waals surface area contributed by atoms with Crippen LogP contribution in [0.5, 0.6) is 0 Å². The normalized spacial score (nSPS) is 15.8. The molecule has 7 rings (SSSR count). The molecule has 3 aromatic heterocycles. The molecule has 223 valence electrons. The second-order valence-electron chi connectivity index (χ2n) is 9.86. The van der Waals surface area contributed by atoms with Gasteiger partial charge in [-0.15, -0.1) is 0 Å². The molecule has 0 aliphatic carbocycles. The van der Waals surface area contributed by atoms with Gasteiger partial charge in [0.15, 0.2) is 11.6 Å². The van der Waals surface area contributed by atoms with Gasteiger partial charge in [0.1, 0.15) is 11.4 Å². The molecule has 2 saturated heterocycles. The zero-order chi connectivity index (χ0) is 25.3. The van der Waals surface area contributed by atoms with Crippen molar-refractivity contribution in [1.82, 2.24) is 33.9 Å². The Morgan fingerprint density at radius 2 is 0.929 bits per heavy atom. The average Bonchev–Trinajstić information content (AvgIpc) is 3.53. The molecule has 2 fully saturated rings. The standard InChI is InChI=1S/C29H31N7O2.3ClH.Fe/c1-3-10-26-22(6-1)31-28(35(26)20-33-12-16-37-17-13-33)24-8-5-9-25(30-24)29-32-23-7-2-4-11-27(23)36(29)21-34-14-18-38-19-15-34;;;;/h1-11H,12-21H2;3*1H;/q;;;;+3/p-3. The molecule has 2 aliphatic rings. The first-order chi connectivity index (χ1) is 18.8. The molecule has 0 N–H and O–H groups in total. The van der Waals surface area contributed by atoms with Crippen molar-refractivity contribution in [2.45, 2.75) is 13.3 Å². The number of hydrogen-bond acceptors (Lipinski definition) is 7. The predicted molar refractivity (Wildman–Crippen MR) is 146 cm³/mol. The maximum atomic E-state index is 5.58. The van der Waals surface area contributed by atoms with Gasteiger partial charge in [0.25, 0.3) is 0 Å². The van der Waals surface area contributed by atoms with Crippen LogP contribution in [0.3, 0.4) is 0 Å². The van der Waals surface area contributed by atoms with Gasteiger partial charge in [0.2, 0.25) is 0 Å². The first-order valence-corrected chi connectivity index (χ1v) is 13.3. The van der Waals surface area contributed by atoms with E-state index >= 15 is 0 Å². The van der Waals surface area contributed by atoms with Crippen molar-refractivity contribution >= 4 is 22.1 Å². The summed E-state index contributed by atoms with van der Waals surface area (Å²) in [4.78, 5) is 20.0. The van der Waals surface area contributed by atoms with Crippen molar-refractivity contribution in [1.29, 1.82) is 0 Å². The minimum absolute atomic E-state index is 0. The zero-order valence-corrected chi connectivity index (χ0v) is 26.2. The Kier molecular flexibility index (Phi) is 12.6. The molecule has 0 spiro atoms. The molecule has 0 bridgehead atoms. The van der Waals surface area contributed by atoms with Crippen molar-refractivity contribution < 1.29 is 63.8 Å². The Balaban J connectivity index is 0.00000121. The van der Waals surface area contributed by atoms with Crippen molar-refractivity contribution in [3.63, 3.8) is 0 Å². The molecule has 2 aliphatic heterocycles. The number of morpholine rings is 2. The van der Waals surface area contributed by atoms with Crippen LogP contribution in [-0.4, -0.2) is 86.5 Å². The van der Waals surface area contributed by atoms with Crippen LogP contribution in [0.1, 0.15) is 0 Å². The molecule has 0 amide bonds. The van der Waals surface area contributed by atoms with Gasteiger partial charge in [-0.2, -0.15) is 0 Å². The first-order valence-electron chi connectivity index (χ1n) is 13.3. The van der Waals surface area contributed by atoms with Crippen LogP contribution in [0.15, 0.2) is 66.7 Å². The van der Waals surface area contributed by atoms with Gasteiger partial charge in [-0.3, -0.25) is 9.80 Å². The van der Waals surface area contributed by atoms with Gasteiger partial charge < -0.3 is 55.8 Å². The van der Waals surface area contributed by atoms with Crippen LogP contribution < -0.4 is 37.2 Å². The summed E-state index contributed by atoms with van der Waals surface area (Å²) in [5, 5.41) is 0. The van der Waals surface area contributed by atoms with Gasteiger partial charge in [-0.25, -0.2) is 15.0 Å². The number of imidazole rings is 2. The van der Waals surface area contributed by atoms with Gasteiger partial charge >= 0.3 is 17.1 Å². The van der Waals surface area contributed by atoms with Crippen LogP contribution >= 0.6 is 0 Å². The number of halogens is 3. The summed E-state index contributed by atoms with van der Waals surface area (Å²) in [6.07, 6.45) is 0.